The van der Waals surface area contributed by atoms with Crippen LogP contribution >= 0.6 is 0 Å². The molecule has 38 heavy (non-hydrogen) atoms. The van der Waals surface area contributed by atoms with E-state index in [1.165, 1.54) is 0 Å². The monoisotopic (exact) mass is 517 g/mol. The Hall–Kier alpha value is -3.47. The second-order valence-electron chi connectivity index (χ2n) is 8.86. The number of hydrogen-bond donors (Lipinski definition) is 2. The number of carbonyl (C=O) groups is 2. The zero-order chi connectivity index (χ0) is 27.4. The third-order valence-electron chi connectivity index (χ3n) is 5.52. The summed E-state index contributed by atoms with van der Waals surface area (Å²) in [5.41, 5.74) is 0.576. The number of nitrogens with zero attached hydrogens (tertiary/aromatic N) is 1. The van der Waals surface area contributed by atoms with Gasteiger partial charge in [0.15, 0.2) is 0 Å². The molecule has 1 aromatic heterocycles. The molecule has 0 saturated carbocycles. The van der Waals surface area contributed by atoms with Gasteiger partial charge >= 0.3 is 0 Å². The lowest BCUT2D eigenvalue weighted by molar-refractivity contribution is -0.121. The van der Waals surface area contributed by atoms with Gasteiger partial charge in [-0.3, -0.25) is 14.6 Å². The summed E-state index contributed by atoms with van der Waals surface area (Å²) in [4.78, 5) is 27.8. The first-order valence-electron chi connectivity index (χ1n) is 14.1. The maximum atomic E-state index is 11.9. The Labute approximate surface area is 230 Å². The van der Waals surface area contributed by atoms with Crippen LogP contribution in [-0.4, -0.2) is 29.9 Å². The number of carbonyl (C=O) groups excluding carboxylic acids is 2. The molecule has 1 aromatic rings. The fourth-order valence-electron chi connectivity index (χ4n) is 3.40. The summed E-state index contributed by atoms with van der Waals surface area (Å²) in [5, 5.41) is 5.85. The second-order valence-corrected chi connectivity index (χ2v) is 8.86. The highest BCUT2D eigenvalue weighted by Crippen LogP contribution is 1.99. The Morgan fingerprint density at radius 3 is 1.76 bits per heavy atom. The zero-order valence-electron chi connectivity index (χ0n) is 23.2. The van der Waals surface area contributed by atoms with Gasteiger partial charge < -0.3 is 10.6 Å². The normalized spacial score (nSPS) is 12.2. The van der Waals surface area contributed by atoms with Crippen LogP contribution in [0.15, 0.2) is 97.4 Å². The summed E-state index contributed by atoms with van der Waals surface area (Å²) >= 11 is 0. The van der Waals surface area contributed by atoms with Gasteiger partial charge in [-0.25, -0.2) is 0 Å². The first-order chi connectivity index (χ1) is 18.7. The minimum Gasteiger partial charge on any atom is -0.356 e. The van der Waals surface area contributed by atoms with Gasteiger partial charge in [-0.15, -0.1) is 0 Å². The van der Waals surface area contributed by atoms with Crippen LogP contribution in [0.4, 0.5) is 0 Å². The van der Waals surface area contributed by atoms with E-state index in [0.29, 0.717) is 25.1 Å². The summed E-state index contributed by atoms with van der Waals surface area (Å²) in [5.74, 6) is -0.00443. The zero-order valence-corrected chi connectivity index (χ0v) is 23.2. The highest BCUT2D eigenvalue weighted by molar-refractivity contribution is 5.93. The highest BCUT2D eigenvalue weighted by atomic mass is 16.2. The van der Waals surface area contributed by atoms with Crippen molar-refractivity contribution < 1.29 is 9.59 Å². The third kappa shape index (κ3) is 20.7. The van der Waals surface area contributed by atoms with Crippen molar-refractivity contribution in [2.24, 2.45) is 0 Å². The summed E-state index contributed by atoms with van der Waals surface area (Å²) in [6.45, 7) is 3.46. The molecule has 1 rings (SSSR count). The van der Waals surface area contributed by atoms with Gasteiger partial charge in [-0.2, -0.15) is 0 Å². The average Bonchev–Trinajstić information content (AvgIpc) is 2.94. The molecule has 2 amide bonds. The lowest BCUT2D eigenvalue weighted by Crippen LogP contribution is -2.25. The summed E-state index contributed by atoms with van der Waals surface area (Å²) in [6.07, 6.45) is 39.3. The van der Waals surface area contributed by atoms with Gasteiger partial charge in [0.1, 0.15) is 0 Å². The molecule has 0 aromatic carbocycles. The van der Waals surface area contributed by atoms with Gasteiger partial charge in [0.25, 0.3) is 5.91 Å². The summed E-state index contributed by atoms with van der Waals surface area (Å²) < 4.78 is 0. The number of hydrogen-bond acceptors (Lipinski definition) is 3. The molecule has 0 aliphatic carbocycles. The Kier molecular flexibility index (Phi) is 21.6. The van der Waals surface area contributed by atoms with E-state index in [-0.39, 0.29) is 11.8 Å². The first kappa shape index (κ1) is 32.6. The number of aromatic nitrogens is 1. The van der Waals surface area contributed by atoms with Crippen molar-refractivity contribution in [3.8, 4) is 0 Å². The van der Waals surface area contributed by atoms with Crippen molar-refractivity contribution >= 4 is 11.8 Å². The predicted octanol–water partition coefficient (Wildman–Crippen LogP) is 7.58. The molecule has 2 N–H and O–H groups in total. The number of amides is 2. The van der Waals surface area contributed by atoms with Crippen LogP contribution in [0.5, 0.6) is 0 Å². The molecule has 0 aliphatic rings. The van der Waals surface area contributed by atoms with Crippen molar-refractivity contribution in [1.29, 1.82) is 0 Å². The van der Waals surface area contributed by atoms with Crippen LogP contribution in [0.2, 0.25) is 0 Å². The largest absolute Gasteiger partial charge is 0.356 e. The topological polar surface area (TPSA) is 71.1 Å². The maximum Gasteiger partial charge on any atom is 0.252 e. The molecular formula is C33H47N3O2. The van der Waals surface area contributed by atoms with E-state index in [4.69, 9.17) is 0 Å². The molecular weight excluding hydrogens is 470 g/mol. The van der Waals surface area contributed by atoms with Crippen LogP contribution in [0.1, 0.15) is 87.9 Å². The van der Waals surface area contributed by atoms with E-state index >= 15 is 0 Å². The standard InChI is InChI=1S/C33H47N3O2/c1-2-3-4-5-6-7-8-9-10-11-12-13-14-15-16-17-18-19-21-26-32(37)35-28-22-20-23-29-36-33(38)31-25-24-27-34-30-31/h3-4,6-7,9-10,12-13,15-16,18-19,24-25,27,30H,2,5,8,11,14,17,20-23,26,28-29H2,1H3,(H,35,37)(H,36,38)/b4-3-,7-6-,10-9-,13-12-,16-15-,19-18-. The lowest BCUT2D eigenvalue weighted by atomic mass is 10.2. The number of allylic oxidation sites excluding steroid dienone is 12. The van der Waals surface area contributed by atoms with Crippen molar-refractivity contribution in [2.45, 2.75) is 77.6 Å². The molecule has 0 aliphatic heterocycles. The predicted molar refractivity (Wildman–Crippen MR) is 161 cm³/mol. The van der Waals surface area contributed by atoms with Crippen LogP contribution < -0.4 is 10.6 Å². The smallest absolute Gasteiger partial charge is 0.252 e. The fraction of sp³-hybridized carbons (Fsp3) is 0.424. The number of nitrogens with one attached hydrogen (secondary N) is 2. The van der Waals surface area contributed by atoms with E-state index < -0.39 is 0 Å². The minimum atomic E-state index is -0.0965. The molecule has 0 atom stereocenters. The lowest BCUT2D eigenvalue weighted by Gasteiger charge is -2.06. The van der Waals surface area contributed by atoms with E-state index in [2.05, 4.69) is 95.5 Å². The van der Waals surface area contributed by atoms with Gasteiger partial charge in [0.2, 0.25) is 5.91 Å². The third-order valence-corrected chi connectivity index (χ3v) is 5.52. The Morgan fingerprint density at radius 2 is 1.24 bits per heavy atom. The van der Waals surface area contributed by atoms with Crippen molar-refractivity contribution in [2.75, 3.05) is 13.1 Å². The molecule has 0 fully saturated rings. The second kappa shape index (κ2) is 25.2. The highest BCUT2D eigenvalue weighted by Gasteiger charge is 2.03. The van der Waals surface area contributed by atoms with E-state index in [1.54, 1.807) is 24.5 Å². The molecule has 0 unspecified atom stereocenters. The van der Waals surface area contributed by atoms with Gasteiger partial charge in [-0.1, -0.05) is 79.8 Å². The van der Waals surface area contributed by atoms with Crippen molar-refractivity contribution in [3.63, 3.8) is 0 Å². The number of rotatable bonds is 21. The van der Waals surface area contributed by atoms with Gasteiger partial charge in [0.05, 0.1) is 5.56 Å². The van der Waals surface area contributed by atoms with Crippen LogP contribution in [0, 0.1) is 0 Å². The van der Waals surface area contributed by atoms with Gasteiger partial charge in [-0.05, 0) is 76.3 Å². The molecule has 0 bridgehead atoms. The number of unbranched alkanes of at least 4 members (excludes halogenated alkanes) is 2. The molecule has 0 saturated heterocycles. The Balaban J connectivity index is 1.91. The minimum absolute atomic E-state index is 0.0920. The average molecular weight is 518 g/mol. The SMILES string of the molecule is CC/C=C\C/C=C\C/C=C\C/C=C\C/C=C\C/C=C\CCC(=O)NCCCCCNC(=O)c1cccnc1. The van der Waals surface area contributed by atoms with Crippen LogP contribution in [0.3, 0.4) is 0 Å². The number of pyridine rings is 1. The first-order valence-corrected chi connectivity index (χ1v) is 14.1. The molecule has 0 spiro atoms. The molecule has 1 heterocycles. The fourth-order valence-corrected chi connectivity index (χ4v) is 3.40. The molecule has 0 radical (unpaired) electrons. The van der Waals surface area contributed by atoms with Crippen LogP contribution in [0.25, 0.3) is 0 Å². The quantitative estimate of drug-likeness (QED) is 0.130. The summed E-state index contributed by atoms with van der Waals surface area (Å²) in [6, 6.07) is 3.50. The van der Waals surface area contributed by atoms with E-state index in [0.717, 1.165) is 64.2 Å². The maximum absolute atomic E-state index is 11.9. The Bertz CT molecular complexity index is 911. The van der Waals surface area contributed by atoms with E-state index in [9.17, 15) is 9.59 Å². The van der Waals surface area contributed by atoms with Crippen LogP contribution in [-0.2, 0) is 4.79 Å². The van der Waals surface area contributed by atoms with Crippen molar-refractivity contribution in [1.82, 2.24) is 15.6 Å². The molecule has 5 nitrogen and oxygen atoms in total. The van der Waals surface area contributed by atoms with Crippen molar-refractivity contribution in [3.05, 3.63) is 103 Å². The van der Waals surface area contributed by atoms with Gasteiger partial charge in [0, 0.05) is 31.9 Å². The van der Waals surface area contributed by atoms with E-state index in [1.807, 2.05) is 0 Å². The molecule has 206 valence electrons. The Morgan fingerprint density at radius 1 is 0.711 bits per heavy atom. The molecule has 5 heteroatoms. The summed E-state index contributed by atoms with van der Waals surface area (Å²) in [7, 11) is 0.